The van der Waals surface area contributed by atoms with Crippen molar-refractivity contribution in [1.82, 2.24) is 10.2 Å². The molecule has 1 saturated heterocycles. The Hall–Kier alpha value is -1.30. The Kier molecular flexibility index (Phi) is 10.4. The summed E-state index contributed by atoms with van der Waals surface area (Å²) in [7, 11) is 1.46. The molecule has 1 heterocycles. The number of methoxy groups -OCH3 is 1. The van der Waals surface area contributed by atoms with E-state index in [1.165, 1.54) is 13.5 Å². The van der Waals surface area contributed by atoms with Crippen molar-refractivity contribution in [2.24, 2.45) is 10.9 Å². The summed E-state index contributed by atoms with van der Waals surface area (Å²) in [5, 5.41) is 3.34. The summed E-state index contributed by atoms with van der Waals surface area (Å²) in [4.78, 5) is 18.5. The van der Waals surface area contributed by atoms with Gasteiger partial charge in [0.05, 0.1) is 13.0 Å². The number of nitrogens with zero attached hydrogens (tertiary/aromatic N) is 2. The van der Waals surface area contributed by atoms with Crippen LogP contribution in [0, 0.1) is 5.92 Å². The van der Waals surface area contributed by atoms with Gasteiger partial charge in [0.2, 0.25) is 0 Å². The number of hydrogen-bond donors (Lipinski definition) is 1. The average Bonchev–Trinajstić information content (AvgIpc) is 2.59. The second-order valence-corrected chi connectivity index (χ2v) is 5.84. The SMILES string of the molecule is CCCCOCCCN=C(NCC)N1CCC(C(=O)OC)CC1. The summed E-state index contributed by atoms with van der Waals surface area (Å²) < 4.78 is 10.4. The molecular weight excluding hydrogens is 294 g/mol. The van der Waals surface area contributed by atoms with Crippen LogP contribution in [-0.2, 0) is 14.3 Å². The van der Waals surface area contributed by atoms with Crippen LogP contribution in [0.3, 0.4) is 0 Å². The predicted octanol–water partition coefficient (Wildman–Crippen LogP) is 2.04. The Balaban J connectivity index is 2.33. The molecule has 0 saturated carbocycles. The molecule has 23 heavy (non-hydrogen) atoms. The first-order valence-electron chi connectivity index (χ1n) is 8.91. The lowest BCUT2D eigenvalue weighted by atomic mass is 9.97. The number of guanidine groups is 1. The van der Waals surface area contributed by atoms with E-state index in [1.54, 1.807) is 0 Å². The fraction of sp³-hybridized carbons (Fsp3) is 0.882. The standard InChI is InChI=1S/C17H33N3O3/c1-4-6-13-23-14-7-10-19-17(18-5-2)20-11-8-15(9-12-20)16(21)22-3/h15H,4-14H2,1-3H3,(H,18,19). The van der Waals surface area contributed by atoms with E-state index in [0.29, 0.717) is 0 Å². The molecule has 0 amide bonds. The number of hydrogen-bond acceptors (Lipinski definition) is 4. The van der Waals surface area contributed by atoms with Crippen LogP contribution in [0.25, 0.3) is 0 Å². The highest BCUT2D eigenvalue weighted by Crippen LogP contribution is 2.18. The Bertz CT molecular complexity index is 353. The van der Waals surface area contributed by atoms with Crippen molar-refractivity contribution < 1.29 is 14.3 Å². The van der Waals surface area contributed by atoms with Crippen molar-refractivity contribution in [2.75, 3.05) is 46.5 Å². The number of unbranched alkanes of at least 4 members (excludes halogenated alkanes) is 1. The molecule has 1 fully saturated rings. The van der Waals surface area contributed by atoms with E-state index in [0.717, 1.165) is 71.0 Å². The maximum absolute atomic E-state index is 11.6. The van der Waals surface area contributed by atoms with Crippen LogP contribution in [0.1, 0.15) is 46.0 Å². The highest BCUT2D eigenvalue weighted by atomic mass is 16.5. The van der Waals surface area contributed by atoms with Gasteiger partial charge < -0.3 is 19.7 Å². The third-order valence-electron chi connectivity index (χ3n) is 4.01. The van der Waals surface area contributed by atoms with Crippen molar-refractivity contribution in [1.29, 1.82) is 0 Å². The molecule has 0 spiro atoms. The van der Waals surface area contributed by atoms with Crippen LogP contribution in [-0.4, -0.2) is 63.3 Å². The van der Waals surface area contributed by atoms with Gasteiger partial charge in [-0.3, -0.25) is 9.79 Å². The zero-order valence-electron chi connectivity index (χ0n) is 15.0. The van der Waals surface area contributed by atoms with Crippen LogP contribution >= 0.6 is 0 Å². The minimum Gasteiger partial charge on any atom is -0.469 e. The van der Waals surface area contributed by atoms with E-state index in [1.807, 2.05) is 0 Å². The molecule has 0 atom stereocenters. The van der Waals surface area contributed by atoms with Crippen LogP contribution in [0.15, 0.2) is 4.99 Å². The van der Waals surface area contributed by atoms with Gasteiger partial charge in [0, 0.05) is 39.4 Å². The van der Waals surface area contributed by atoms with Gasteiger partial charge >= 0.3 is 5.97 Å². The number of carbonyl (C=O) groups is 1. The fourth-order valence-electron chi connectivity index (χ4n) is 2.62. The summed E-state index contributed by atoms with van der Waals surface area (Å²) in [5.41, 5.74) is 0. The van der Waals surface area contributed by atoms with E-state index in [4.69, 9.17) is 9.47 Å². The second kappa shape index (κ2) is 12.2. The first kappa shape index (κ1) is 19.7. The highest BCUT2D eigenvalue weighted by Gasteiger charge is 2.26. The van der Waals surface area contributed by atoms with Crippen molar-refractivity contribution in [3.8, 4) is 0 Å². The molecule has 1 rings (SSSR count). The molecule has 0 bridgehead atoms. The number of likely N-dealkylation sites (tertiary alicyclic amines) is 1. The maximum Gasteiger partial charge on any atom is 0.308 e. The average molecular weight is 327 g/mol. The van der Waals surface area contributed by atoms with Gasteiger partial charge in [-0.05, 0) is 32.6 Å². The van der Waals surface area contributed by atoms with E-state index in [-0.39, 0.29) is 11.9 Å². The lowest BCUT2D eigenvalue weighted by molar-refractivity contribution is -0.146. The number of piperidine rings is 1. The molecule has 0 aliphatic carbocycles. The molecule has 1 aliphatic heterocycles. The minimum absolute atomic E-state index is 0.0334. The zero-order chi connectivity index (χ0) is 16.9. The number of nitrogens with one attached hydrogen (secondary N) is 1. The van der Waals surface area contributed by atoms with Gasteiger partial charge in [-0.1, -0.05) is 13.3 Å². The molecule has 0 aromatic carbocycles. The maximum atomic E-state index is 11.6. The molecule has 0 radical (unpaired) electrons. The third kappa shape index (κ3) is 7.68. The molecular formula is C17H33N3O3. The molecule has 0 aromatic rings. The minimum atomic E-state index is -0.0872. The molecule has 6 heteroatoms. The lowest BCUT2D eigenvalue weighted by Gasteiger charge is -2.33. The zero-order valence-corrected chi connectivity index (χ0v) is 15.0. The monoisotopic (exact) mass is 327 g/mol. The van der Waals surface area contributed by atoms with Crippen molar-refractivity contribution >= 4 is 11.9 Å². The van der Waals surface area contributed by atoms with E-state index < -0.39 is 0 Å². The van der Waals surface area contributed by atoms with Crippen molar-refractivity contribution in [3.63, 3.8) is 0 Å². The number of aliphatic imine (C=N–C) groups is 1. The number of esters is 1. The van der Waals surface area contributed by atoms with Crippen LogP contribution < -0.4 is 5.32 Å². The Morgan fingerprint density at radius 2 is 1.91 bits per heavy atom. The predicted molar refractivity (Wildman–Crippen MR) is 92.6 cm³/mol. The third-order valence-corrected chi connectivity index (χ3v) is 4.01. The van der Waals surface area contributed by atoms with Crippen LogP contribution in [0.2, 0.25) is 0 Å². The summed E-state index contributed by atoms with van der Waals surface area (Å²) in [6.07, 6.45) is 4.90. The van der Waals surface area contributed by atoms with Crippen LogP contribution in [0.4, 0.5) is 0 Å². The van der Waals surface area contributed by atoms with Crippen LogP contribution in [0.5, 0.6) is 0 Å². The quantitative estimate of drug-likeness (QED) is 0.304. The normalized spacial score (nSPS) is 16.5. The van der Waals surface area contributed by atoms with Crippen molar-refractivity contribution in [3.05, 3.63) is 0 Å². The number of carbonyl (C=O) groups excluding carboxylic acids is 1. The van der Waals surface area contributed by atoms with Gasteiger partial charge in [0.25, 0.3) is 0 Å². The topological polar surface area (TPSA) is 63.2 Å². The summed E-state index contributed by atoms with van der Waals surface area (Å²) in [6.45, 7) is 9.17. The summed E-state index contributed by atoms with van der Waals surface area (Å²) >= 11 is 0. The van der Waals surface area contributed by atoms with Gasteiger partial charge in [-0.2, -0.15) is 0 Å². The fourth-order valence-corrected chi connectivity index (χ4v) is 2.62. The molecule has 0 unspecified atom stereocenters. The molecule has 6 nitrogen and oxygen atoms in total. The van der Waals surface area contributed by atoms with E-state index in [2.05, 4.69) is 29.1 Å². The first-order chi connectivity index (χ1) is 11.2. The van der Waals surface area contributed by atoms with Gasteiger partial charge in [0.15, 0.2) is 5.96 Å². The first-order valence-corrected chi connectivity index (χ1v) is 8.91. The van der Waals surface area contributed by atoms with Gasteiger partial charge in [0.1, 0.15) is 0 Å². The Morgan fingerprint density at radius 3 is 2.52 bits per heavy atom. The number of ether oxygens (including phenoxy) is 2. The molecule has 1 N–H and O–H groups in total. The summed E-state index contributed by atoms with van der Waals surface area (Å²) in [5.74, 6) is 0.895. The molecule has 134 valence electrons. The molecule has 0 aromatic heterocycles. The lowest BCUT2D eigenvalue weighted by Crippen LogP contribution is -2.46. The van der Waals surface area contributed by atoms with E-state index in [9.17, 15) is 4.79 Å². The Labute approximate surface area is 140 Å². The van der Waals surface area contributed by atoms with Gasteiger partial charge in [-0.15, -0.1) is 0 Å². The Morgan fingerprint density at radius 1 is 1.22 bits per heavy atom. The van der Waals surface area contributed by atoms with Crippen molar-refractivity contribution in [2.45, 2.75) is 46.0 Å². The smallest absolute Gasteiger partial charge is 0.308 e. The van der Waals surface area contributed by atoms with E-state index >= 15 is 0 Å². The van der Waals surface area contributed by atoms with Gasteiger partial charge in [-0.25, -0.2) is 0 Å². The summed E-state index contributed by atoms with van der Waals surface area (Å²) in [6, 6.07) is 0. The largest absolute Gasteiger partial charge is 0.469 e. The number of rotatable bonds is 9. The second-order valence-electron chi connectivity index (χ2n) is 5.84. The highest BCUT2D eigenvalue weighted by molar-refractivity contribution is 5.80. The molecule has 1 aliphatic rings.